The van der Waals surface area contributed by atoms with Crippen LogP contribution in [0.1, 0.15) is 23.9 Å². The van der Waals surface area contributed by atoms with Gasteiger partial charge < -0.3 is 10.1 Å². The second-order valence-electron chi connectivity index (χ2n) is 4.21. The van der Waals surface area contributed by atoms with E-state index >= 15 is 0 Å². The minimum atomic E-state index is 0.442. The van der Waals surface area contributed by atoms with Gasteiger partial charge in [-0.15, -0.1) is 0 Å². The van der Waals surface area contributed by atoms with Crippen LogP contribution >= 0.6 is 11.8 Å². The van der Waals surface area contributed by atoms with E-state index in [1.807, 2.05) is 18.7 Å². The van der Waals surface area contributed by atoms with Gasteiger partial charge in [0.2, 0.25) is 0 Å². The van der Waals surface area contributed by atoms with Gasteiger partial charge in [-0.1, -0.05) is 0 Å². The van der Waals surface area contributed by atoms with E-state index in [1.165, 1.54) is 0 Å². The molecule has 0 aromatic carbocycles. The molecule has 0 saturated carbocycles. The van der Waals surface area contributed by atoms with Gasteiger partial charge >= 0.3 is 0 Å². The molecule has 1 N–H and O–H groups in total. The molecule has 0 bridgehead atoms. The predicted molar refractivity (Wildman–Crippen MR) is 71.8 cm³/mol. The minimum Gasteiger partial charge on any atom is -0.381 e. The molecule has 0 radical (unpaired) electrons. The maximum Gasteiger partial charge on any atom is 0.129 e. The number of aromatic nitrogens is 2. The molecule has 1 saturated heterocycles. The van der Waals surface area contributed by atoms with E-state index in [-0.39, 0.29) is 0 Å². The van der Waals surface area contributed by atoms with Crippen molar-refractivity contribution < 1.29 is 4.74 Å². The number of rotatable bonds is 5. The van der Waals surface area contributed by atoms with Crippen LogP contribution in [0.4, 0.5) is 5.82 Å². The van der Waals surface area contributed by atoms with Crippen LogP contribution in [0.15, 0.2) is 6.07 Å². The number of nitrogens with one attached hydrogen (secondary N) is 1. The molecule has 1 aliphatic heterocycles. The minimum absolute atomic E-state index is 0.442. The third kappa shape index (κ3) is 3.57. The van der Waals surface area contributed by atoms with E-state index in [0.29, 0.717) is 5.92 Å². The highest BCUT2D eigenvalue weighted by molar-refractivity contribution is 7.98. The largest absolute Gasteiger partial charge is 0.381 e. The molecule has 1 aliphatic rings. The monoisotopic (exact) mass is 253 g/mol. The van der Waals surface area contributed by atoms with Crippen molar-refractivity contribution in [3.8, 4) is 0 Å². The van der Waals surface area contributed by atoms with Gasteiger partial charge in [0.1, 0.15) is 11.6 Å². The Morgan fingerprint density at radius 3 is 3.12 bits per heavy atom. The summed E-state index contributed by atoms with van der Waals surface area (Å²) in [5.74, 6) is 3.30. The smallest absolute Gasteiger partial charge is 0.129 e. The van der Waals surface area contributed by atoms with Crippen LogP contribution in [0.5, 0.6) is 0 Å². The van der Waals surface area contributed by atoms with Gasteiger partial charge in [-0.2, -0.15) is 11.8 Å². The van der Waals surface area contributed by atoms with Crippen molar-refractivity contribution in [3.05, 3.63) is 17.6 Å². The number of ether oxygens (including phenoxy) is 1. The number of anilines is 1. The van der Waals surface area contributed by atoms with Crippen molar-refractivity contribution in [2.75, 3.05) is 37.1 Å². The topological polar surface area (TPSA) is 47.0 Å². The van der Waals surface area contributed by atoms with E-state index in [2.05, 4.69) is 27.6 Å². The molecule has 17 heavy (non-hydrogen) atoms. The number of thioether (sulfide) groups is 1. The van der Waals surface area contributed by atoms with Gasteiger partial charge in [-0.05, 0) is 19.6 Å². The molecule has 0 aliphatic carbocycles. The normalized spacial score (nSPS) is 19.5. The van der Waals surface area contributed by atoms with Crippen LogP contribution < -0.4 is 5.32 Å². The predicted octanol–water partition coefficient (Wildman–Crippen LogP) is 2.06. The average Bonchev–Trinajstić information content (AvgIpc) is 2.82. The van der Waals surface area contributed by atoms with Gasteiger partial charge in [0, 0.05) is 30.9 Å². The van der Waals surface area contributed by atoms with Crippen LogP contribution in [-0.2, 0) is 4.74 Å². The zero-order valence-corrected chi connectivity index (χ0v) is 11.2. The van der Waals surface area contributed by atoms with E-state index in [0.717, 1.165) is 49.3 Å². The fourth-order valence-electron chi connectivity index (χ4n) is 1.94. The first kappa shape index (κ1) is 12.6. The highest BCUT2D eigenvalue weighted by Gasteiger charge is 2.20. The highest BCUT2D eigenvalue weighted by Crippen LogP contribution is 2.24. The summed E-state index contributed by atoms with van der Waals surface area (Å²) in [5.41, 5.74) is 1.11. The quantitative estimate of drug-likeness (QED) is 0.814. The van der Waals surface area contributed by atoms with E-state index in [9.17, 15) is 0 Å². The molecule has 1 aromatic rings. The number of hydrogen-bond acceptors (Lipinski definition) is 5. The molecule has 1 fully saturated rings. The van der Waals surface area contributed by atoms with Gasteiger partial charge in [0.05, 0.1) is 12.3 Å². The van der Waals surface area contributed by atoms with Crippen molar-refractivity contribution in [1.29, 1.82) is 0 Å². The Bertz CT molecular complexity index is 367. The third-order valence-corrected chi connectivity index (χ3v) is 3.43. The van der Waals surface area contributed by atoms with Crippen molar-refractivity contribution in [3.63, 3.8) is 0 Å². The Morgan fingerprint density at radius 1 is 1.53 bits per heavy atom. The van der Waals surface area contributed by atoms with Gasteiger partial charge in [-0.3, -0.25) is 0 Å². The lowest BCUT2D eigenvalue weighted by Crippen LogP contribution is -2.10. The van der Waals surface area contributed by atoms with E-state index in [4.69, 9.17) is 4.74 Å². The molecule has 0 spiro atoms. The second-order valence-corrected chi connectivity index (χ2v) is 5.19. The summed E-state index contributed by atoms with van der Waals surface area (Å²) < 4.78 is 5.41. The average molecular weight is 253 g/mol. The summed E-state index contributed by atoms with van der Waals surface area (Å²) in [6, 6.07) is 2.06. The molecule has 0 unspecified atom stereocenters. The maximum absolute atomic E-state index is 5.41. The molecule has 0 amide bonds. The fourth-order valence-corrected chi connectivity index (χ4v) is 2.25. The summed E-state index contributed by atoms with van der Waals surface area (Å²) >= 11 is 1.83. The Morgan fingerprint density at radius 2 is 2.41 bits per heavy atom. The Hall–Kier alpha value is -0.810. The molecule has 2 heterocycles. The number of hydrogen-bond donors (Lipinski definition) is 1. The fraction of sp³-hybridized carbons (Fsp3) is 0.667. The Balaban J connectivity index is 2.05. The molecule has 2 rings (SSSR count). The molecule has 5 heteroatoms. The van der Waals surface area contributed by atoms with Gasteiger partial charge in [0.25, 0.3) is 0 Å². The van der Waals surface area contributed by atoms with Crippen molar-refractivity contribution in [2.24, 2.45) is 0 Å². The maximum atomic E-state index is 5.41. The molecule has 1 atom stereocenters. The standard InChI is InChI=1S/C12H19N3OS/c1-9-14-11(10-3-5-16-8-10)7-12(15-9)13-4-6-17-2/h7,10H,3-6,8H2,1-2H3,(H,13,14,15)/t10-/m1/s1. The van der Waals surface area contributed by atoms with Gasteiger partial charge in [-0.25, -0.2) is 9.97 Å². The lowest BCUT2D eigenvalue weighted by molar-refractivity contribution is 0.193. The summed E-state index contributed by atoms with van der Waals surface area (Å²) in [6.45, 7) is 4.53. The Kier molecular flexibility index (Phi) is 4.62. The first-order chi connectivity index (χ1) is 8.29. The zero-order valence-electron chi connectivity index (χ0n) is 10.4. The third-order valence-electron chi connectivity index (χ3n) is 2.82. The van der Waals surface area contributed by atoms with Gasteiger partial charge in [0.15, 0.2) is 0 Å². The van der Waals surface area contributed by atoms with Crippen molar-refractivity contribution in [1.82, 2.24) is 9.97 Å². The summed E-state index contributed by atoms with van der Waals surface area (Å²) in [5, 5.41) is 3.34. The number of nitrogens with zero attached hydrogens (tertiary/aromatic N) is 2. The first-order valence-electron chi connectivity index (χ1n) is 5.95. The van der Waals surface area contributed by atoms with Crippen LogP contribution in [0, 0.1) is 6.92 Å². The highest BCUT2D eigenvalue weighted by atomic mass is 32.2. The lowest BCUT2D eigenvalue weighted by atomic mass is 10.0. The molecule has 94 valence electrons. The van der Waals surface area contributed by atoms with Crippen LogP contribution in [0.25, 0.3) is 0 Å². The lowest BCUT2D eigenvalue weighted by Gasteiger charge is -2.11. The first-order valence-corrected chi connectivity index (χ1v) is 7.35. The molecule has 1 aromatic heterocycles. The summed E-state index contributed by atoms with van der Waals surface area (Å²) in [6.07, 6.45) is 3.18. The van der Waals surface area contributed by atoms with Crippen LogP contribution in [0.3, 0.4) is 0 Å². The number of aryl methyl sites for hydroxylation is 1. The summed E-state index contributed by atoms with van der Waals surface area (Å²) in [4.78, 5) is 8.91. The molecular formula is C12H19N3OS. The zero-order chi connectivity index (χ0) is 12.1. The Labute approximate surface area is 107 Å². The van der Waals surface area contributed by atoms with Crippen LogP contribution in [0.2, 0.25) is 0 Å². The molecule has 4 nitrogen and oxygen atoms in total. The van der Waals surface area contributed by atoms with Crippen LogP contribution in [-0.4, -0.2) is 41.7 Å². The molecular weight excluding hydrogens is 234 g/mol. The van der Waals surface area contributed by atoms with E-state index < -0.39 is 0 Å². The van der Waals surface area contributed by atoms with Crippen molar-refractivity contribution in [2.45, 2.75) is 19.3 Å². The SMILES string of the molecule is CSCCNc1cc([C@@H]2CCOC2)nc(C)n1. The summed E-state index contributed by atoms with van der Waals surface area (Å²) in [7, 11) is 0. The second kappa shape index (κ2) is 6.21. The van der Waals surface area contributed by atoms with Crippen molar-refractivity contribution >= 4 is 17.6 Å². The van der Waals surface area contributed by atoms with E-state index in [1.54, 1.807) is 0 Å².